The molecule has 5 saturated carbocycles. The number of nitrogens with zero attached hydrogens (tertiary/aromatic N) is 1. The summed E-state index contributed by atoms with van der Waals surface area (Å²) in [6.07, 6.45) is 15.4. The summed E-state index contributed by atoms with van der Waals surface area (Å²) in [5.74, 6) is 3.51. The van der Waals surface area contributed by atoms with Gasteiger partial charge in [-0.05, 0) is 173 Å². The molecule has 6 aromatic carbocycles. The van der Waals surface area contributed by atoms with Gasteiger partial charge in [-0.2, -0.15) is 0 Å². The first-order valence-corrected chi connectivity index (χ1v) is 21.9. The van der Waals surface area contributed by atoms with E-state index in [-0.39, 0.29) is 5.41 Å². The Hall–Kier alpha value is -4.88. The zero-order valence-electron chi connectivity index (χ0n) is 33.3. The van der Waals surface area contributed by atoms with Crippen LogP contribution in [-0.2, 0) is 10.8 Å². The molecule has 0 amide bonds. The lowest BCUT2D eigenvalue weighted by atomic mass is 9.48. The molecule has 0 aliphatic heterocycles. The van der Waals surface area contributed by atoms with Gasteiger partial charge in [-0.15, -0.1) is 0 Å². The molecule has 0 spiro atoms. The molecule has 280 valence electrons. The van der Waals surface area contributed by atoms with Crippen LogP contribution in [0.2, 0.25) is 0 Å². The van der Waals surface area contributed by atoms with Crippen LogP contribution in [0, 0.1) is 17.8 Å². The van der Waals surface area contributed by atoms with E-state index in [1.54, 1.807) is 5.56 Å². The van der Waals surface area contributed by atoms with Gasteiger partial charge in [-0.25, -0.2) is 0 Å². The quantitative estimate of drug-likeness (QED) is 0.158. The number of rotatable bonds is 7. The van der Waals surface area contributed by atoms with Gasteiger partial charge in [0.15, 0.2) is 0 Å². The summed E-state index contributed by atoms with van der Waals surface area (Å²) < 4.78 is 0. The van der Waals surface area contributed by atoms with Crippen molar-refractivity contribution in [1.29, 1.82) is 0 Å². The highest BCUT2D eigenvalue weighted by Gasteiger charge is 2.51. The lowest BCUT2D eigenvalue weighted by Gasteiger charge is -2.57. The third-order valence-electron chi connectivity index (χ3n) is 15.2. The Morgan fingerprint density at radius 3 is 1.68 bits per heavy atom. The van der Waals surface area contributed by atoms with Crippen LogP contribution in [0.25, 0.3) is 33.4 Å². The molecule has 0 radical (unpaired) electrons. The van der Waals surface area contributed by atoms with Crippen molar-refractivity contribution in [2.24, 2.45) is 17.8 Å². The normalized spacial score (nSPS) is 24.5. The van der Waals surface area contributed by atoms with E-state index >= 15 is 0 Å². The average molecular weight is 730 g/mol. The zero-order chi connectivity index (χ0) is 37.4. The molecule has 1 heteroatoms. The monoisotopic (exact) mass is 729 g/mol. The Labute approximate surface area is 334 Å². The molecule has 0 saturated heterocycles. The Morgan fingerprint density at radius 1 is 0.482 bits per heavy atom. The van der Waals surface area contributed by atoms with Gasteiger partial charge in [-0.3, -0.25) is 0 Å². The molecule has 6 aliphatic rings. The standard InChI is InChI=1S/C55H55N/c1-54(2)51-27-20-44(41-14-8-4-9-15-41)31-49(51)50-32-48(43-16-10-5-11-17-43)53(33-52(50)54)56(46-23-18-42(19-24-46)40-12-6-3-7-13-40)47-25-21-45(22-26-47)55-34-37-28-38(35-55)30-39(29-37)36-55/h4-5,8-11,14-27,31-33,37-40H,3,6-7,12-13,28-30,34-36H2,1-2H3. The summed E-state index contributed by atoms with van der Waals surface area (Å²) in [6.45, 7) is 4.85. The van der Waals surface area contributed by atoms with E-state index in [9.17, 15) is 0 Å². The van der Waals surface area contributed by atoms with Crippen molar-refractivity contribution in [1.82, 2.24) is 0 Å². The molecular formula is C55H55N. The van der Waals surface area contributed by atoms with E-state index in [2.05, 4.69) is 158 Å². The number of hydrogen-bond acceptors (Lipinski definition) is 1. The predicted molar refractivity (Wildman–Crippen MR) is 235 cm³/mol. The Bertz CT molecular complexity index is 2340. The van der Waals surface area contributed by atoms with E-state index < -0.39 is 0 Å². The maximum absolute atomic E-state index is 2.59. The smallest absolute Gasteiger partial charge is 0.0543 e. The summed E-state index contributed by atoms with van der Waals surface area (Å²) >= 11 is 0. The zero-order valence-corrected chi connectivity index (χ0v) is 33.3. The fraction of sp³-hybridized carbons (Fsp3) is 0.345. The van der Waals surface area contributed by atoms with Crippen molar-refractivity contribution in [2.75, 3.05) is 4.90 Å². The Balaban J connectivity index is 1.07. The number of benzene rings is 6. The molecule has 56 heavy (non-hydrogen) atoms. The summed E-state index contributed by atoms with van der Waals surface area (Å²) in [4.78, 5) is 2.59. The van der Waals surface area contributed by atoms with E-state index in [1.165, 1.54) is 138 Å². The summed E-state index contributed by atoms with van der Waals surface area (Å²) in [5, 5.41) is 0. The van der Waals surface area contributed by atoms with Gasteiger partial charge in [-0.1, -0.05) is 130 Å². The van der Waals surface area contributed by atoms with Gasteiger partial charge < -0.3 is 4.90 Å². The topological polar surface area (TPSA) is 3.24 Å². The third-order valence-corrected chi connectivity index (χ3v) is 15.2. The number of hydrogen-bond donors (Lipinski definition) is 0. The molecule has 5 fully saturated rings. The second-order valence-corrected chi connectivity index (χ2v) is 19.0. The molecule has 0 unspecified atom stereocenters. The highest BCUT2D eigenvalue weighted by Crippen LogP contribution is 2.61. The predicted octanol–water partition coefficient (Wildman–Crippen LogP) is 15.3. The van der Waals surface area contributed by atoms with Crippen molar-refractivity contribution in [3.63, 3.8) is 0 Å². The van der Waals surface area contributed by atoms with E-state index in [1.807, 2.05) is 0 Å². The molecule has 12 rings (SSSR count). The van der Waals surface area contributed by atoms with Crippen LogP contribution < -0.4 is 4.90 Å². The molecule has 6 aromatic rings. The summed E-state index contributed by atoms with van der Waals surface area (Å²) in [5.41, 5.74) is 17.7. The molecule has 0 heterocycles. The van der Waals surface area contributed by atoms with Gasteiger partial charge in [0.2, 0.25) is 0 Å². The maximum Gasteiger partial charge on any atom is 0.0543 e. The molecule has 1 nitrogen and oxygen atoms in total. The average Bonchev–Trinajstić information content (AvgIpc) is 3.46. The molecule has 4 bridgehead atoms. The van der Waals surface area contributed by atoms with Crippen molar-refractivity contribution in [2.45, 2.75) is 101 Å². The van der Waals surface area contributed by atoms with E-state index in [4.69, 9.17) is 0 Å². The minimum atomic E-state index is -0.136. The minimum absolute atomic E-state index is 0.136. The van der Waals surface area contributed by atoms with Crippen LogP contribution >= 0.6 is 0 Å². The highest BCUT2D eigenvalue weighted by molar-refractivity contribution is 5.95. The molecule has 0 N–H and O–H groups in total. The Morgan fingerprint density at radius 2 is 1.05 bits per heavy atom. The van der Waals surface area contributed by atoms with Gasteiger partial charge in [0.05, 0.1) is 5.69 Å². The fourth-order valence-electron chi connectivity index (χ4n) is 12.8. The number of anilines is 3. The van der Waals surface area contributed by atoms with Crippen LogP contribution in [0.5, 0.6) is 0 Å². The first-order valence-electron chi connectivity index (χ1n) is 21.9. The third kappa shape index (κ3) is 5.71. The Kier molecular flexibility index (Phi) is 8.20. The van der Waals surface area contributed by atoms with Gasteiger partial charge in [0.25, 0.3) is 0 Å². The number of fused-ring (bicyclic) bond motifs is 3. The van der Waals surface area contributed by atoms with Crippen LogP contribution in [0.4, 0.5) is 17.1 Å². The largest absolute Gasteiger partial charge is 0.310 e. The van der Waals surface area contributed by atoms with Gasteiger partial charge >= 0.3 is 0 Å². The second-order valence-electron chi connectivity index (χ2n) is 19.0. The lowest BCUT2D eigenvalue weighted by Crippen LogP contribution is -2.48. The molecular weight excluding hydrogens is 675 g/mol. The SMILES string of the molecule is CC1(C)c2ccc(-c3ccccc3)cc2-c2cc(-c3ccccc3)c(N(c3ccc(C4CCCCC4)cc3)c3ccc(C45CC6CC(CC(C6)C4)C5)cc3)cc21. The van der Waals surface area contributed by atoms with Crippen LogP contribution in [0.1, 0.15) is 113 Å². The second kappa shape index (κ2) is 13.4. The van der Waals surface area contributed by atoms with Crippen LogP contribution in [0.15, 0.2) is 140 Å². The van der Waals surface area contributed by atoms with Crippen LogP contribution in [-0.4, -0.2) is 0 Å². The van der Waals surface area contributed by atoms with Crippen LogP contribution in [0.3, 0.4) is 0 Å². The highest BCUT2D eigenvalue weighted by atomic mass is 15.1. The van der Waals surface area contributed by atoms with Crippen molar-refractivity contribution in [3.05, 3.63) is 162 Å². The van der Waals surface area contributed by atoms with E-state index in [0.717, 1.165) is 17.8 Å². The lowest BCUT2D eigenvalue weighted by molar-refractivity contribution is -0.00518. The van der Waals surface area contributed by atoms with Gasteiger partial charge in [0, 0.05) is 22.4 Å². The molecule has 6 aliphatic carbocycles. The first kappa shape index (κ1) is 34.4. The molecule has 0 atom stereocenters. The minimum Gasteiger partial charge on any atom is -0.310 e. The summed E-state index contributed by atoms with van der Waals surface area (Å²) in [6, 6.07) is 54.0. The van der Waals surface area contributed by atoms with Crippen molar-refractivity contribution < 1.29 is 0 Å². The molecule has 0 aromatic heterocycles. The maximum atomic E-state index is 2.59. The van der Waals surface area contributed by atoms with Crippen molar-refractivity contribution in [3.8, 4) is 33.4 Å². The summed E-state index contributed by atoms with van der Waals surface area (Å²) in [7, 11) is 0. The first-order chi connectivity index (χ1) is 27.4. The fourth-order valence-corrected chi connectivity index (χ4v) is 12.8. The van der Waals surface area contributed by atoms with Gasteiger partial charge in [0.1, 0.15) is 0 Å². The van der Waals surface area contributed by atoms with Crippen molar-refractivity contribution >= 4 is 17.1 Å². The van der Waals surface area contributed by atoms with E-state index in [0.29, 0.717) is 11.3 Å².